The van der Waals surface area contributed by atoms with Crippen LogP contribution in [0.25, 0.3) is 0 Å². The van der Waals surface area contributed by atoms with Crippen molar-refractivity contribution in [3.8, 4) is 0 Å². The van der Waals surface area contributed by atoms with Gasteiger partial charge in [-0.15, -0.1) is 11.3 Å². The van der Waals surface area contributed by atoms with Gasteiger partial charge in [-0.2, -0.15) is 0 Å². The highest BCUT2D eigenvalue weighted by atomic mass is 32.1. The zero-order valence-electron chi connectivity index (χ0n) is 12.6. The maximum Gasteiger partial charge on any atom is 0.182 e. The second-order valence-electron chi connectivity index (χ2n) is 5.19. The summed E-state index contributed by atoms with van der Waals surface area (Å²) in [5, 5.41) is 6.16. The molecule has 1 atom stereocenters. The molecular weight excluding hydrogens is 268 g/mol. The Hall–Kier alpha value is -1.46. The van der Waals surface area contributed by atoms with Gasteiger partial charge in [0.1, 0.15) is 0 Å². The molecule has 0 aliphatic heterocycles. The number of aromatic nitrogens is 2. The van der Waals surface area contributed by atoms with Crippen LogP contribution in [-0.4, -0.2) is 35.0 Å². The second kappa shape index (κ2) is 6.81. The van der Waals surface area contributed by atoms with Crippen LogP contribution < -0.4 is 5.32 Å². The van der Waals surface area contributed by atoms with E-state index >= 15 is 0 Å². The van der Waals surface area contributed by atoms with Crippen molar-refractivity contribution >= 4 is 16.5 Å². The molecule has 5 heteroatoms. The molecule has 0 saturated heterocycles. The van der Waals surface area contributed by atoms with E-state index in [1.807, 2.05) is 19.3 Å². The smallest absolute Gasteiger partial charge is 0.182 e. The molecule has 0 unspecified atom stereocenters. The van der Waals surface area contributed by atoms with Gasteiger partial charge in [0.2, 0.25) is 0 Å². The molecule has 2 heterocycles. The summed E-state index contributed by atoms with van der Waals surface area (Å²) < 4.78 is 0. The van der Waals surface area contributed by atoms with Crippen molar-refractivity contribution in [2.24, 2.45) is 0 Å². The first-order valence-corrected chi connectivity index (χ1v) is 7.70. The highest BCUT2D eigenvalue weighted by molar-refractivity contribution is 7.13. The van der Waals surface area contributed by atoms with Gasteiger partial charge < -0.3 is 5.32 Å². The first-order chi connectivity index (χ1) is 9.58. The van der Waals surface area contributed by atoms with E-state index in [-0.39, 0.29) is 0 Å². The van der Waals surface area contributed by atoms with Crippen molar-refractivity contribution in [1.82, 2.24) is 14.9 Å². The molecule has 0 aliphatic rings. The topological polar surface area (TPSA) is 41.1 Å². The molecule has 0 aromatic carbocycles. The van der Waals surface area contributed by atoms with Crippen LogP contribution in [0.4, 0.5) is 5.13 Å². The highest BCUT2D eigenvalue weighted by Gasteiger charge is 2.13. The Morgan fingerprint density at radius 2 is 2.20 bits per heavy atom. The lowest BCUT2D eigenvalue weighted by Crippen LogP contribution is -2.30. The summed E-state index contributed by atoms with van der Waals surface area (Å²) >= 11 is 1.65. The Balaban J connectivity index is 1.93. The van der Waals surface area contributed by atoms with Crippen LogP contribution in [0.2, 0.25) is 0 Å². The molecule has 0 aliphatic carbocycles. The van der Waals surface area contributed by atoms with Crippen LogP contribution in [0.15, 0.2) is 23.7 Å². The Kier molecular flexibility index (Phi) is 5.09. The van der Waals surface area contributed by atoms with Crippen LogP contribution in [0.3, 0.4) is 0 Å². The fraction of sp³-hybridized carbons (Fsp3) is 0.467. The van der Waals surface area contributed by atoms with Crippen LogP contribution >= 0.6 is 11.3 Å². The lowest BCUT2D eigenvalue weighted by atomic mass is 10.1. The number of nitrogens with zero attached hydrogens (tertiary/aromatic N) is 3. The summed E-state index contributed by atoms with van der Waals surface area (Å²) in [5.41, 5.74) is 3.53. The van der Waals surface area contributed by atoms with Crippen LogP contribution in [0.5, 0.6) is 0 Å². The van der Waals surface area contributed by atoms with Crippen molar-refractivity contribution in [3.63, 3.8) is 0 Å². The molecular formula is C15H22N4S. The maximum absolute atomic E-state index is 4.52. The number of nitrogens with one attached hydrogen (secondary N) is 1. The van der Waals surface area contributed by atoms with Gasteiger partial charge in [-0.05, 0) is 38.6 Å². The van der Waals surface area contributed by atoms with Crippen molar-refractivity contribution < 1.29 is 0 Å². The van der Waals surface area contributed by atoms with Gasteiger partial charge in [0, 0.05) is 43.3 Å². The van der Waals surface area contributed by atoms with E-state index in [1.165, 1.54) is 5.56 Å². The number of hydrogen-bond acceptors (Lipinski definition) is 5. The van der Waals surface area contributed by atoms with E-state index < -0.39 is 0 Å². The number of rotatable bonds is 6. The molecule has 4 nitrogen and oxygen atoms in total. The van der Waals surface area contributed by atoms with E-state index in [1.54, 1.807) is 11.3 Å². The Morgan fingerprint density at radius 1 is 1.40 bits per heavy atom. The Morgan fingerprint density at radius 3 is 2.85 bits per heavy atom. The molecule has 20 heavy (non-hydrogen) atoms. The number of hydrogen-bond donors (Lipinski definition) is 1. The van der Waals surface area contributed by atoms with Crippen molar-refractivity contribution in [1.29, 1.82) is 0 Å². The quantitative estimate of drug-likeness (QED) is 0.888. The van der Waals surface area contributed by atoms with Gasteiger partial charge in [-0.25, -0.2) is 4.98 Å². The van der Waals surface area contributed by atoms with Gasteiger partial charge in [0.05, 0.1) is 5.69 Å². The summed E-state index contributed by atoms with van der Waals surface area (Å²) in [5.74, 6) is 0. The number of anilines is 1. The molecule has 2 aromatic heterocycles. The monoisotopic (exact) mass is 290 g/mol. The van der Waals surface area contributed by atoms with Crippen molar-refractivity contribution in [3.05, 3.63) is 40.7 Å². The molecule has 0 radical (unpaired) electrons. The number of pyridine rings is 1. The summed E-state index contributed by atoms with van der Waals surface area (Å²) in [4.78, 5) is 11.3. The molecule has 0 spiro atoms. The van der Waals surface area contributed by atoms with Crippen molar-refractivity contribution in [2.75, 3.05) is 19.4 Å². The Bertz CT molecular complexity index is 552. The second-order valence-corrected chi connectivity index (χ2v) is 6.04. The third-order valence-electron chi connectivity index (χ3n) is 3.41. The lowest BCUT2D eigenvalue weighted by Gasteiger charge is -2.23. The van der Waals surface area contributed by atoms with Gasteiger partial charge in [0.15, 0.2) is 5.13 Å². The first-order valence-electron chi connectivity index (χ1n) is 6.82. The number of aryl methyl sites for hydroxylation is 1. The molecule has 2 rings (SSSR count). The average Bonchev–Trinajstić information content (AvgIpc) is 2.86. The summed E-state index contributed by atoms with van der Waals surface area (Å²) in [6.07, 6.45) is 2.85. The molecule has 0 bridgehead atoms. The number of likely N-dealkylation sites (N-methyl/N-ethyl adjacent to an activating group) is 1. The van der Waals surface area contributed by atoms with Crippen LogP contribution in [-0.2, 0) is 13.0 Å². The third-order valence-corrected chi connectivity index (χ3v) is 4.31. The van der Waals surface area contributed by atoms with Gasteiger partial charge in [-0.3, -0.25) is 9.88 Å². The minimum Gasteiger partial charge on any atom is -0.365 e. The molecule has 0 saturated carbocycles. The SMILES string of the molecule is CNc1nc(CN(C)[C@@H](C)Cc2cc(C)ccn2)cs1. The fourth-order valence-electron chi connectivity index (χ4n) is 2.07. The standard InChI is InChI=1S/C15H22N4S/c1-11-5-6-17-13(7-11)8-12(2)19(4)9-14-10-20-15(16-3)18-14/h5-7,10,12H,8-9H2,1-4H3,(H,16,18)/t12-/m0/s1. The molecule has 108 valence electrons. The van der Waals surface area contributed by atoms with Crippen LogP contribution in [0.1, 0.15) is 23.9 Å². The predicted octanol–water partition coefficient (Wildman–Crippen LogP) is 2.95. The molecule has 1 N–H and O–H groups in total. The van der Waals surface area contributed by atoms with Gasteiger partial charge in [-0.1, -0.05) is 0 Å². The van der Waals surface area contributed by atoms with Crippen molar-refractivity contribution in [2.45, 2.75) is 32.9 Å². The van der Waals surface area contributed by atoms with E-state index in [0.29, 0.717) is 6.04 Å². The Labute approximate surface area is 124 Å². The van der Waals surface area contributed by atoms with Crippen LogP contribution in [0, 0.1) is 6.92 Å². The van der Waals surface area contributed by atoms with E-state index in [9.17, 15) is 0 Å². The zero-order chi connectivity index (χ0) is 14.5. The zero-order valence-corrected chi connectivity index (χ0v) is 13.4. The molecule has 2 aromatic rings. The minimum absolute atomic E-state index is 0.434. The lowest BCUT2D eigenvalue weighted by molar-refractivity contribution is 0.244. The van der Waals surface area contributed by atoms with E-state index in [0.717, 1.165) is 29.5 Å². The predicted molar refractivity (Wildman–Crippen MR) is 85.3 cm³/mol. The average molecular weight is 290 g/mol. The molecule has 0 amide bonds. The van der Waals surface area contributed by atoms with Gasteiger partial charge in [0.25, 0.3) is 0 Å². The number of thiazole rings is 1. The van der Waals surface area contributed by atoms with E-state index in [2.05, 4.69) is 52.5 Å². The molecule has 0 fully saturated rings. The summed E-state index contributed by atoms with van der Waals surface area (Å²) in [7, 11) is 4.04. The highest BCUT2D eigenvalue weighted by Crippen LogP contribution is 2.17. The fourth-order valence-corrected chi connectivity index (χ4v) is 2.74. The summed E-state index contributed by atoms with van der Waals surface area (Å²) in [6, 6.07) is 4.63. The largest absolute Gasteiger partial charge is 0.365 e. The normalized spacial score (nSPS) is 12.7. The maximum atomic E-state index is 4.52. The third kappa shape index (κ3) is 4.02. The minimum atomic E-state index is 0.434. The van der Waals surface area contributed by atoms with Gasteiger partial charge >= 0.3 is 0 Å². The summed E-state index contributed by atoms with van der Waals surface area (Å²) in [6.45, 7) is 5.20. The first kappa shape index (κ1) is 14.9. The van der Waals surface area contributed by atoms with E-state index in [4.69, 9.17) is 0 Å².